The molecular weight excluding hydrogens is 352 g/mol. The summed E-state index contributed by atoms with van der Waals surface area (Å²) < 4.78 is 1.28. The minimum absolute atomic E-state index is 0.166. The Morgan fingerprint density at radius 2 is 1.96 bits per heavy atom. The van der Waals surface area contributed by atoms with Crippen molar-refractivity contribution >= 4 is 39.7 Å². The van der Waals surface area contributed by atoms with Crippen LogP contribution >= 0.6 is 23.6 Å². The lowest BCUT2D eigenvalue weighted by Gasteiger charge is -2.11. The molecule has 4 rings (SSSR count). The highest BCUT2D eigenvalue weighted by Gasteiger charge is 2.22. The number of fused-ring (bicyclic) bond motifs is 3. The molecule has 0 aliphatic heterocycles. The molecule has 1 aliphatic carbocycles. The van der Waals surface area contributed by atoms with Crippen LogP contribution in [0.3, 0.4) is 0 Å². The first-order valence-corrected chi connectivity index (χ1v) is 9.61. The Kier molecular flexibility index (Phi) is 3.96. The van der Waals surface area contributed by atoms with Crippen LogP contribution in [0.5, 0.6) is 0 Å². The van der Waals surface area contributed by atoms with Crippen LogP contribution in [0, 0.1) is 18.6 Å². The number of nitrogens with zero attached hydrogens (tertiary/aromatic N) is 1. The van der Waals surface area contributed by atoms with E-state index in [1.54, 1.807) is 17.4 Å². The zero-order chi connectivity index (χ0) is 17.7. The van der Waals surface area contributed by atoms with Gasteiger partial charge >= 0.3 is 0 Å². The second-order valence-electron chi connectivity index (χ2n) is 6.59. The lowest BCUT2D eigenvalue weighted by atomic mass is 9.97. The second kappa shape index (κ2) is 6.04. The average molecular weight is 370 g/mol. The molecule has 1 N–H and O–H groups in total. The fraction of sp³-hybridized carbons (Fsp3) is 0.316. The molecule has 1 aliphatic rings. The number of carbonyl (C=O) groups is 1. The molecule has 0 saturated heterocycles. The Bertz CT molecular complexity index is 1130. The lowest BCUT2D eigenvalue weighted by Crippen LogP contribution is -2.29. The maximum atomic E-state index is 13.1. The first-order chi connectivity index (χ1) is 12.0. The number of nitrogens with one attached hydrogen (secondary N) is 1. The molecular formula is C19H18N2O2S2. The van der Waals surface area contributed by atoms with E-state index in [1.807, 2.05) is 26.0 Å². The highest BCUT2D eigenvalue weighted by atomic mass is 32.1. The van der Waals surface area contributed by atoms with Crippen molar-refractivity contribution < 1.29 is 4.79 Å². The van der Waals surface area contributed by atoms with Crippen LogP contribution < -0.4 is 5.56 Å². The van der Waals surface area contributed by atoms with E-state index in [-0.39, 0.29) is 16.2 Å². The Balaban J connectivity index is 1.95. The van der Waals surface area contributed by atoms with E-state index in [9.17, 15) is 9.59 Å². The van der Waals surface area contributed by atoms with Crippen molar-refractivity contribution in [1.82, 2.24) is 9.55 Å². The van der Waals surface area contributed by atoms with Crippen molar-refractivity contribution in [2.45, 2.75) is 39.5 Å². The van der Waals surface area contributed by atoms with Gasteiger partial charge in [-0.3, -0.25) is 9.59 Å². The van der Waals surface area contributed by atoms with Gasteiger partial charge in [0.05, 0.1) is 5.39 Å². The van der Waals surface area contributed by atoms with Crippen LogP contribution in [-0.4, -0.2) is 15.5 Å². The summed E-state index contributed by atoms with van der Waals surface area (Å²) in [6.45, 7) is 3.94. The summed E-state index contributed by atoms with van der Waals surface area (Å²) in [7, 11) is 0. The Labute approximate surface area is 154 Å². The molecule has 0 amide bonds. The minimum Gasteiger partial charge on any atom is -0.323 e. The number of rotatable bonds is 1. The van der Waals surface area contributed by atoms with Crippen molar-refractivity contribution in [2.75, 3.05) is 0 Å². The second-order valence-corrected chi connectivity index (χ2v) is 8.08. The van der Waals surface area contributed by atoms with Crippen LogP contribution in [0.25, 0.3) is 10.2 Å². The third kappa shape index (κ3) is 2.60. The van der Waals surface area contributed by atoms with Gasteiger partial charge < -0.3 is 4.98 Å². The molecule has 3 aromatic rings. The number of hydrogen-bond acceptors (Lipinski definition) is 4. The topological polar surface area (TPSA) is 54.9 Å². The van der Waals surface area contributed by atoms with E-state index >= 15 is 0 Å². The highest BCUT2D eigenvalue weighted by molar-refractivity contribution is 7.71. The van der Waals surface area contributed by atoms with E-state index in [1.165, 1.54) is 4.88 Å². The molecule has 1 aromatic carbocycles. The molecule has 6 heteroatoms. The third-order valence-electron chi connectivity index (χ3n) is 4.97. The van der Waals surface area contributed by atoms with Crippen molar-refractivity contribution in [3.63, 3.8) is 0 Å². The summed E-state index contributed by atoms with van der Waals surface area (Å²) in [6.07, 6.45) is 4.13. The van der Waals surface area contributed by atoms with Crippen LogP contribution in [0.2, 0.25) is 0 Å². The van der Waals surface area contributed by atoms with Crippen molar-refractivity contribution in [1.29, 1.82) is 0 Å². The van der Waals surface area contributed by atoms with Gasteiger partial charge in [0, 0.05) is 10.4 Å². The average Bonchev–Trinajstić information content (AvgIpc) is 2.95. The van der Waals surface area contributed by atoms with Gasteiger partial charge in [-0.2, -0.15) is 0 Å². The van der Waals surface area contributed by atoms with Crippen molar-refractivity contribution in [3.8, 4) is 0 Å². The zero-order valence-electron chi connectivity index (χ0n) is 14.1. The summed E-state index contributed by atoms with van der Waals surface area (Å²) in [4.78, 5) is 31.2. The largest absolute Gasteiger partial charge is 0.323 e. The van der Waals surface area contributed by atoms with E-state index in [0.29, 0.717) is 10.9 Å². The predicted molar refractivity (Wildman–Crippen MR) is 104 cm³/mol. The van der Waals surface area contributed by atoms with Crippen LogP contribution in [0.15, 0.2) is 23.0 Å². The standard InChI is InChI=1S/C19H18N2O2S2/c1-10-7-8-12(9-11(10)2)17(22)21-18(23)15-13-5-3-4-6-14(13)25-16(15)20-19(21)24/h7-9H,3-6H2,1-2H3,(H,20,24). The summed E-state index contributed by atoms with van der Waals surface area (Å²) in [5.74, 6) is -0.369. The molecule has 0 radical (unpaired) electrons. The first kappa shape index (κ1) is 16.4. The SMILES string of the molecule is Cc1ccc(C(=O)n2c(=S)[nH]c3sc4c(c3c2=O)CCCC4)cc1C. The quantitative estimate of drug-likeness (QED) is 0.650. The molecule has 0 bridgehead atoms. The minimum atomic E-state index is -0.369. The summed E-state index contributed by atoms with van der Waals surface area (Å²) in [5.41, 5.74) is 3.41. The highest BCUT2D eigenvalue weighted by Crippen LogP contribution is 2.33. The van der Waals surface area contributed by atoms with Crippen molar-refractivity contribution in [3.05, 3.63) is 60.5 Å². The molecule has 2 heterocycles. The normalized spacial score (nSPS) is 13.8. The van der Waals surface area contributed by atoms with Gasteiger partial charge in [-0.05, 0) is 80.6 Å². The van der Waals surface area contributed by atoms with Crippen molar-refractivity contribution in [2.24, 2.45) is 0 Å². The molecule has 0 atom stereocenters. The first-order valence-electron chi connectivity index (χ1n) is 8.39. The molecule has 4 nitrogen and oxygen atoms in total. The summed E-state index contributed by atoms with van der Waals surface area (Å²) in [5, 5.41) is 0.644. The fourth-order valence-corrected chi connectivity index (χ4v) is 5.04. The number of benzene rings is 1. The Morgan fingerprint density at radius 1 is 1.20 bits per heavy atom. The van der Waals surface area contributed by atoms with Crippen LogP contribution in [0.1, 0.15) is 44.8 Å². The predicted octanol–water partition coefficient (Wildman–Crippen LogP) is 4.30. The molecule has 0 spiro atoms. The monoisotopic (exact) mass is 370 g/mol. The molecule has 0 fully saturated rings. The van der Waals surface area contributed by atoms with Gasteiger partial charge in [-0.15, -0.1) is 11.3 Å². The lowest BCUT2D eigenvalue weighted by molar-refractivity contribution is 0.0953. The van der Waals surface area contributed by atoms with Gasteiger partial charge in [0.1, 0.15) is 4.83 Å². The molecule has 2 aromatic heterocycles. The third-order valence-corrected chi connectivity index (χ3v) is 6.46. The van der Waals surface area contributed by atoms with Gasteiger partial charge in [0.2, 0.25) is 0 Å². The molecule has 0 saturated carbocycles. The molecule has 0 unspecified atom stereocenters. The zero-order valence-corrected chi connectivity index (χ0v) is 15.8. The number of thiophene rings is 1. The van der Waals surface area contributed by atoms with E-state index in [0.717, 1.165) is 51.8 Å². The molecule has 25 heavy (non-hydrogen) atoms. The summed E-state index contributed by atoms with van der Waals surface area (Å²) >= 11 is 6.94. The van der Waals surface area contributed by atoms with E-state index < -0.39 is 0 Å². The molecule has 128 valence electrons. The van der Waals surface area contributed by atoms with Gasteiger partial charge in [0.15, 0.2) is 4.77 Å². The van der Waals surface area contributed by atoms with Gasteiger partial charge in [0.25, 0.3) is 11.5 Å². The Hall–Kier alpha value is -2.05. The van der Waals surface area contributed by atoms with Crippen LogP contribution in [0.4, 0.5) is 0 Å². The van der Waals surface area contributed by atoms with Gasteiger partial charge in [-0.1, -0.05) is 6.07 Å². The number of aromatic amines is 1. The maximum Gasteiger partial charge on any atom is 0.270 e. The van der Waals surface area contributed by atoms with E-state index in [4.69, 9.17) is 12.2 Å². The Morgan fingerprint density at radius 3 is 2.72 bits per heavy atom. The number of aryl methyl sites for hydroxylation is 4. The van der Waals surface area contributed by atoms with Crippen LogP contribution in [-0.2, 0) is 12.8 Å². The number of carbonyl (C=O) groups excluding carboxylic acids is 1. The number of hydrogen-bond donors (Lipinski definition) is 1. The van der Waals surface area contributed by atoms with E-state index in [2.05, 4.69) is 4.98 Å². The number of aromatic nitrogens is 2. The smallest absolute Gasteiger partial charge is 0.270 e. The summed E-state index contributed by atoms with van der Waals surface area (Å²) in [6, 6.07) is 5.46. The number of H-pyrrole nitrogens is 1. The maximum absolute atomic E-state index is 13.1. The van der Waals surface area contributed by atoms with Gasteiger partial charge in [-0.25, -0.2) is 4.57 Å². The fourth-order valence-electron chi connectivity index (χ4n) is 3.43.